The van der Waals surface area contributed by atoms with Crippen molar-refractivity contribution < 1.29 is 39.6 Å². The number of carbonyl (C=O) groups excluding carboxylic acids is 1. The Hall–Kier alpha value is -3.55. The van der Waals surface area contributed by atoms with Gasteiger partial charge in [0.1, 0.15) is 5.69 Å². The molecule has 33 heavy (non-hydrogen) atoms. The second-order valence-corrected chi connectivity index (χ2v) is 8.41. The molecule has 14 heteroatoms. The first-order chi connectivity index (χ1) is 15.3. The van der Waals surface area contributed by atoms with Crippen molar-refractivity contribution in [3.63, 3.8) is 0 Å². The van der Waals surface area contributed by atoms with Crippen molar-refractivity contribution in [1.29, 1.82) is 0 Å². The average molecular weight is 490 g/mol. The molecule has 0 spiro atoms. The highest BCUT2D eigenvalue weighted by atomic mass is 32.2. The molecule has 7 nitrogen and oxygen atoms in total. The summed E-state index contributed by atoms with van der Waals surface area (Å²) in [5, 5.41) is 2.27. The number of alkyl halides is 6. The van der Waals surface area contributed by atoms with Gasteiger partial charge in [-0.2, -0.15) is 26.3 Å². The minimum absolute atomic E-state index is 0.136. The van der Waals surface area contributed by atoms with Crippen LogP contribution in [-0.2, 0) is 28.7 Å². The van der Waals surface area contributed by atoms with Gasteiger partial charge in [0.05, 0.1) is 27.6 Å². The van der Waals surface area contributed by atoms with E-state index in [2.05, 4.69) is 20.3 Å². The monoisotopic (exact) mass is 490 g/mol. The third-order valence-corrected chi connectivity index (χ3v) is 5.89. The number of hydrogen-bond donors (Lipinski definition) is 1. The topological polar surface area (TPSA) is 102 Å². The summed E-state index contributed by atoms with van der Waals surface area (Å²) in [6, 6.07) is 6.46. The van der Waals surface area contributed by atoms with Gasteiger partial charge in [-0.15, -0.1) is 0 Å². The summed E-state index contributed by atoms with van der Waals surface area (Å²) in [4.78, 5) is 21.1. The van der Waals surface area contributed by atoms with E-state index in [-0.39, 0.29) is 17.1 Å². The number of sulfone groups is 1. The minimum atomic E-state index is -4.83. The summed E-state index contributed by atoms with van der Waals surface area (Å²) in [6.07, 6.45) is -7.89. The Kier molecular flexibility index (Phi) is 6.40. The van der Waals surface area contributed by atoms with Gasteiger partial charge in [0.15, 0.2) is 0 Å². The molecular formula is C19H12F6N4O3S. The van der Waals surface area contributed by atoms with Crippen molar-refractivity contribution in [3.8, 4) is 0 Å². The third kappa shape index (κ3) is 5.63. The SMILES string of the molecule is O=C(NCc1ccc(S(=O)(=O)c2cccc(C(F)(F)F)c2)cn1)c1ccnc(C(F)(F)F)n1. The van der Waals surface area contributed by atoms with E-state index >= 15 is 0 Å². The van der Waals surface area contributed by atoms with Crippen LogP contribution in [0.4, 0.5) is 26.3 Å². The van der Waals surface area contributed by atoms with Gasteiger partial charge in [-0.05, 0) is 36.4 Å². The molecule has 0 aliphatic carbocycles. The van der Waals surface area contributed by atoms with Crippen LogP contribution in [-0.4, -0.2) is 29.3 Å². The first-order valence-electron chi connectivity index (χ1n) is 8.84. The molecule has 3 aromatic rings. The van der Waals surface area contributed by atoms with Crippen molar-refractivity contribution in [2.45, 2.75) is 28.7 Å². The van der Waals surface area contributed by atoms with Crippen LogP contribution in [0.25, 0.3) is 0 Å². The largest absolute Gasteiger partial charge is 0.451 e. The molecule has 1 aromatic carbocycles. The number of benzene rings is 1. The summed E-state index contributed by atoms with van der Waals surface area (Å²) in [7, 11) is -4.30. The van der Waals surface area contributed by atoms with Gasteiger partial charge < -0.3 is 5.32 Å². The molecule has 0 fully saturated rings. The van der Waals surface area contributed by atoms with Crippen LogP contribution >= 0.6 is 0 Å². The van der Waals surface area contributed by atoms with Gasteiger partial charge >= 0.3 is 12.4 Å². The van der Waals surface area contributed by atoms with Crippen molar-refractivity contribution in [1.82, 2.24) is 20.3 Å². The molecule has 0 saturated carbocycles. The fraction of sp³-hybridized carbons (Fsp3) is 0.158. The van der Waals surface area contributed by atoms with Crippen molar-refractivity contribution >= 4 is 15.7 Å². The molecule has 2 aromatic heterocycles. The fourth-order valence-corrected chi connectivity index (χ4v) is 3.78. The quantitative estimate of drug-likeness (QED) is 0.548. The Labute approximate surface area is 182 Å². The van der Waals surface area contributed by atoms with Gasteiger partial charge in [-0.3, -0.25) is 9.78 Å². The Morgan fingerprint density at radius 3 is 2.24 bits per heavy atom. The highest BCUT2D eigenvalue weighted by Crippen LogP contribution is 2.32. The van der Waals surface area contributed by atoms with Crippen LogP contribution in [0.1, 0.15) is 27.6 Å². The molecule has 1 amide bonds. The minimum Gasteiger partial charge on any atom is -0.345 e. The van der Waals surface area contributed by atoms with E-state index in [1.165, 1.54) is 6.07 Å². The molecule has 0 saturated heterocycles. The number of halogens is 6. The second kappa shape index (κ2) is 8.77. The molecule has 0 aliphatic rings. The van der Waals surface area contributed by atoms with E-state index < -0.39 is 50.1 Å². The number of nitrogens with zero attached hydrogens (tertiary/aromatic N) is 3. The van der Waals surface area contributed by atoms with Crippen molar-refractivity contribution in [2.75, 3.05) is 0 Å². The van der Waals surface area contributed by atoms with Crippen LogP contribution < -0.4 is 5.32 Å². The summed E-state index contributed by atoms with van der Waals surface area (Å²) in [5.41, 5.74) is -1.54. The standard InChI is InChI=1S/C19H12F6N4O3S/c20-18(21,22)11-2-1-3-13(8-11)33(31,32)14-5-4-12(27-10-14)9-28-16(30)15-6-7-26-17(29-15)19(23,24)25/h1-8,10H,9H2,(H,28,30). The van der Waals surface area contributed by atoms with E-state index in [9.17, 15) is 39.6 Å². The number of carbonyl (C=O) groups is 1. The predicted molar refractivity (Wildman–Crippen MR) is 99.3 cm³/mol. The number of aromatic nitrogens is 3. The normalized spacial score (nSPS) is 12.4. The molecule has 2 heterocycles. The molecule has 1 N–H and O–H groups in total. The first kappa shape index (κ1) is 24.1. The van der Waals surface area contributed by atoms with Gasteiger partial charge in [-0.1, -0.05) is 6.07 Å². The lowest BCUT2D eigenvalue weighted by Crippen LogP contribution is -2.25. The zero-order valence-electron chi connectivity index (χ0n) is 16.1. The number of nitrogens with one attached hydrogen (secondary N) is 1. The van der Waals surface area contributed by atoms with Crippen LogP contribution in [0.2, 0.25) is 0 Å². The van der Waals surface area contributed by atoms with Crippen molar-refractivity contribution in [2.24, 2.45) is 0 Å². The molecule has 3 rings (SSSR count). The van der Waals surface area contributed by atoms with E-state index in [0.717, 1.165) is 42.7 Å². The molecule has 0 bridgehead atoms. The number of rotatable bonds is 5. The van der Waals surface area contributed by atoms with Gasteiger partial charge in [0, 0.05) is 12.4 Å². The summed E-state index contributed by atoms with van der Waals surface area (Å²) < 4.78 is 102. The smallest absolute Gasteiger partial charge is 0.345 e. The maximum atomic E-state index is 12.9. The highest BCUT2D eigenvalue weighted by Gasteiger charge is 2.35. The second-order valence-electron chi connectivity index (χ2n) is 6.46. The molecule has 0 radical (unpaired) electrons. The molecule has 0 unspecified atom stereocenters. The predicted octanol–water partition coefficient (Wildman–Crippen LogP) is 3.67. The Morgan fingerprint density at radius 2 is 1.64 bits per heavy atom. The summed E-state index contributed by atoms with van der Waals surface area (Å²) >= 11 is 0. The summed E-state index contributed by atoms with van der Waals surface area (Å²) in [6.45, 7) is -0.284. The first-order valence-corrected chi connectivity index (χ1v) is 10.3. The van der Waals surface area contributed by atoms with E-state index in [1.807, 2.05) is 0 Å². The number of hydrogen-bond acceptors (Lipinski definition) is 6. The maximum Gasteiger partial charge on any atom is 0.451 e. The molecule has 0 aliphatic heterocycles. The molecule has 174 valence electrons. The highest BCUT2D eigenvalue weighted by molar-refractivity contribution is 7.91. The van der Waals surface area contributed by atoms with E-state index in [0.29, 0.717) is 6.07 Å². The van der Waals surface area contributed by atoms with Crippen LogP contribution in [0.5, 0.6) is 0 Å². The Bertz CT molecular complexity index is 1280. The lowest BCUT2D eigenvalue weighted by molar-refractivity contribution is -0.145. The lowest BCUT2D eigenvalue weighted by atomic mass is 10.2. The zero-order chi connectivity index (χ0) is 24.4. The fourth-order valence-electron chi connectivity index (χ4n) is 2.53. The van der Waals surface area contributed by atoms with Gasteiger partial charge in [-0.25, -0.2) is 18.4 Å². The maximum absolute atomic E-state index is 12.9. The molecule has 0 atom stereocenters. The van der Waals surface area contributed by atoms with Crippen LogP contribution in [0.3, 0.4) is 0 Å². The van der Waals surface area contributed by atoms with Crippen LogP contribution in [0.15, 0.2) is 64.6 Å². The number of amides is 1. The zero-order valence-corrected chi connectivity index (χ0v) is 17.0. The average Bonchev–Trinajstić information content (AvgIpc) is 2.77. The Morgan fingerprint density at radius 1 is 0.909 bits per heavy atom. The van der Waals surface area contributed by atoms with E-state index in [1.54, 1.807) is 0 Å². The number of pyridine rings is 1. The van der Waals surface area contributed by atoms with Crippen LogP contribution in [0, 0.1) is 0 Å². The molecular weight excluding hydrogens is 478 g/mol. The van der Waals surface area contributed by atoms with Gasteiger partial charge in [0.2, 0.25) is 15.7 Å². The Balaban J connectivity index is 1.73. The third-order valence-electron chi connectivity index (χ3n) is 4.15. The summed E-state index contributed by atoms with van der Waals surface area (Å²) in [5.74, 6) is -2.44. The lowest BCUT2D eigenvalue weighted by Gasteiger charge is -2.10. The van der Waals surface area contributed by atoms with Gasteiger partial charge in [0.25, 0.3) is 5.91 Å². The van der Waals surface area contributed by atoms with E-state index in [4.69, 9.17) is 0 Å². The van der Waals surface area contributed by atoms with Crippen molar-refractivity contribution in [3.05, 3.63) is 77.6 Å².